The first kappa shape index (κ1) is 23.5. The van der Waals surface area contributed by atoms with Gasteiger partial charge in [0.05, 0.1) is 19.9 Å². The molecule has 0 saturated carbocycles. The van der Waals surface area contributed by atoms with Crippen LogP contribution < -0.4 is 14.9 Å². The maximum Gasteiger partial charge on any atom is 0.240 e. The van der Waals surface area contributed by atoms with E-state index in [1.807, 2.05) is 12.1 Å². The van der Waals surface area contributed by atoms with E-state index in [1.165, 1.54) is 18.9 Å². The number of hydrogen-bond donors (Lipinski definition) is 1. The number of amides is 1. The molecule has 1 aromatic heterocycles. The molecule has 0 unspecified atom stereocenters. The molecule has 0 aliphatic rings. The number of carbonyl (C=O) groups excluding carboxylic acids is 2. The lowest BCUT2D eigenvalue weighted by atomic mass is 10.0. The third-order valence-electron chi connectivity index (χ3n) is 5.16. The zero-order chi connectivity index (χ0) is 22.9. The Kier molecular flexibility index (Phi) is 8.39. The number of nitrogens with one attached hydrogen (secondary N) is 1. The second-order valence-corrected chi connectivity index (χ2v) is 8.25. The smallest absolute Gasteiger partial charge is 0.240 e. The van der Waals surface area contributed by atoms with Crippen LogP contribution in [0.25, 0.3) is 10.1 Å². The van der Waals surface area contributed by atoms with Crippen molar-refractivity contribution in [3.63, 3.8) is 0 Å². The van der Waals surface area contributed by atoms with Crippen LogP contribution in [-0.2, 0) is 4.79 Å². The van der Waals surface area contributed by atoms with Crippen molar-refractivity contribution in [2.75, 3.05) is 14.2 Å². The molecule has 1 amide bonds. The Labute approximate surface area is 192 Å². The molecule has 0 spiro atoms. The topological polar surface area (TPSA) is 77.0 Å². The van der Waals surface area contributed by atoms with E-state index in [1.54, 1.807) is 29.5 Å². The zero-order valence-electron chi connectivity index (χ0n) is 18.6. The number of hydrogen-bond acceptors (Lipinski definition) is 6. The molecular weight excluding hydrogens is 424 g/mol. The van der Waals surface area contributed by atoms with E-state index < -0.39 is 0 Å². The minimum Gasteiger partial charge on any atom is -0.493 e. The molecule has 0 atom stereocenters. The maximum atomic E-state index is 12.5. The van der Waals surface area contributed by atoms with Gasteiger partial charge >= 0.3 is 0 Å². The van der Waals surface area contributed by atoms with Gasteiger partial charge in [-0.2, -0.15) is 5.10 Å². The van der Waals surface area contributed by atoms with Gasteiger partial charge in [-0.15, -0.1) is 11.3 Å². The predicted molar refractivity (Wildman–Crippen MR) is 129 cm³/mol. The molecule has 7 heteroatoms. The Balaban J connectivity index is 1.65. The van der Waals surface area contributed by atoms with Crippen LogP contribution in [0.1, 0.15) is 54.9 Å². The fourth-order valence-electron chi connectivity index (χ4n) is 3.36. The number of hydrazone groups is 1. The molecule has 0 aliphatic heterocycles. The zero-order valence-corrected chi connectivity index (χ0v) is 19.5. The Bertz CT molecular complexity index is 1120. The highest BCUT2D eigenvalue weighted by Gasteiger charge is 2.14. The lowest BCUT2D eigenvalue weighted by Gasteiger charge is -2.09. The molecule has 3 rings (SSSR count). The van der Waals surface area contributed by atoms with E-state index in [2.05, 4.69) is 35.0 Å². The minimum atomic E-state index is -0.285. The minimum absolute atomic E-state index is 0.0577. The van der Waals surface area contributed by atoms with Crippen molar-refractivity contribution in [1.82, 2.24) is 5.43 Å². The van der Waals surface area contributed by atoms with Crippen molar-refractivity contribution in [3.8, 4) is 11.5 Å². The van der Waals surface area contributed by atoms with Crippen LogP contribution in [0.15, 0.2) is 52.9 Å². The fourth-order valence-corrected chi connectivity index (χ4v) is 4.33. The largest absolute Gasteiger partial charge is 0.493 e. The van der Waals surface area contributed by atoms with Crippen LogP contribution >= 0.6 is 11.3 Å². The average molecular weight is 453 g/mol. The maximum absolute atomic E-state index is 12.5. The number of carbonyl (C=O) groups is 2. The number of unbranched alkanes of at least 4 members (excludes halogenated alkanes) is 1. The van der Waals surface area contributed by atoms with Crippen molar-refractivity contribution in [2.24, 2.45) is 5.10 Å². The van der Waals surface area contributed by atoms with Crippen LogP contribution in [-0.4, -0.2) is 31.6 Å². The quantitative estimate of drug-likeness (QED) is 0.234. The summed E-state index contributed by atoms with van der Waals surface area (Å²) in [5, 5.41) is 7.66. The van der Waals surface area contributed by atoms with Crippen LogP contribution in [0.2, 0.25) is 0 Å². The number of methoxy groups -OCH3 is 2. The molecule has 32 heavy (non-hydrogen) atoms. The van der Waals surface area contributed by atoms with Gasteiger partial charge in [0.1, 0.15) is 0 Å². The Hall–Kier alpha value is -3.19. The summed E-state index contributed by atoms with van der Waals surface area (Å²) < 4.78 is 11.6. The number of fused-ring (bicyclic) bond motifs is 1. The molecular formula is C25H28N2O4S. The first-order valence-electron chi connectivity index (χ1n) is 10.6. The number of ketones is 1. The second-order valence-electron chi connectivity index (χ2n) is 7.34. The van der Waals surface area contributed by atoms with E-state index in [0.717, 1.165) is 35.9 Å². The van der Waals surface area contributed by atoms with Gasteiger partial charge in [0.15, 0.2) is 17.3 Å². The van der Waals surface area contributed by atoms with Crippen molar-refractivity contribution >= 4 is 38.8 Å². The van der Waals surface area contributed by atoms with Gasteiger partial charge in [-0.1, -0.05) is 31.5 Å². The Morgan fingerprint density at radius 3 is 2.53 bits per heavy atom. The molecule has 0 radical (unpaired) electrons. The molecule has 6 nitrogen and oxygen atoms in total. The number of ether oxygens (including phenoxy) is 2. The average Bonchev–Trinajstić information content (AvgIpc) is 3.26. The molecule has 0 fully saturated rings. The predicted octanol–water partition coefficient (Wildman–Crippen LogP) is 5.59. The van der Waals surface area contributed by atoms with E-state index in [-0.39, 0.29) is 24.5 Å². The van der Waals surface area contributed by atoms with E-state index in [4.69, 9.17) is 9.47 Å². The highest BCUT2D eigenvalue weighted by Crippen LogP contribution is 2.29. The van der Waals surface area contributed by atoms with Crippen molar-refractivity contribution in [2.45, 2.75) is 39.0 Å². The summed E-state index contributed by atoms with van der Waals surface area (Å²) >= 11 is 1.67. The lowest BCUT2D eigenvalue weighted by molar-refractivity contribution is -0.121. The van der Waals surface area contributed by atoms with Crippen molar-refractivity contribution < 1.29 is 19.1 Å². The van der Waals surface area contributed by atoms with Gasteiger partial charge < -0.3 is 9.47 Å². The summed E-state index contributed by atoms with van der Waals surface area (Å²) in [6, 6.07) is 13.2. The van der Waals surface area contributed by atoms with Gasteiger partial charge in [0, 0.05) is 39.4 Å². The highest BCUT2D eigenvalue weighted by atomic mass is 32.1. The highest BCUT2D eigenvalue weighted by molar-refractivity contribution is 7.17. The standard InChI is InChI=1S/C25H28N2O4S/c1-4-5-9-20(19-16-32-24-10-7-6-8-18(19)24)26-27-25(29)14-12-21(28)17-11-13-22(30-2)23(15-17)31-3/h6-8,10-11,13,15-16H,4-5,9,12,14H2,1-3H3,(H,27,29)/b26-20+. The number of benzene rings is 2. The number of rotatable bonds is 11. The molecule has 3 aromatic rings. The number of thiophene rings is 1. The summed E-state index contributed by atoms with van der Waals surface area (Å²) in [6.45, 7) is 2.13. The molecule has 1 heterocycles. The first-order valence-corrected chi connectivity index (χ1v) is 11.5. The first-order chi connectivity index (χ1) is 15.6. The number of nitrogens with zero attached hydrogens (tertiary/aromatic N) is 1. The van der Waals surface area contributed by atoms with E-state index in [9.17, 15) is 9.59 Å². The van der Waals surface area contributed by atoms with Gasteiger partial charge in [-0.05, 0) is 37.1 Å². The molecule has 0 bridgehead atoms. The molecule has 2 aromatic carbocycles. The molecule has 0 aliphatic carbocycles. The molecule has 0 saturated heterocycles. The summed E-state index contributed by atoms with van der Waals surface area (Å²) in [5.74, 6) is 0.611. The van der Waals surface area contributed by atoms with Crippen LogP contribution in [0.3, 0.4) is 0 Å². The van der Waals surface area contributed by atoms with E-state index >= 15 is 0 Å². The third kappa shape index (κ3) is 5.73. The monoisotopic (exact) mass is 452 g/mol. The van der Waals surface area contributed by atoms with Gasteiger partial charge in [0.2, 0.25) is 5.91 Å². The summed E-state index contributed by atoms with van der Waals surface area (Å²) in [4.78, 5) is 24.9. The summed E-state index contributed by atoms with van der Waals surface area (Å²) in [5.41, 5.74) is 5.05. The fraction of sp³-hybridized carbons (Fsp3) is 0.320. The Morgan fingerprint density at radius 1 is 1.00 bits per heavy atom. The van der Waals surface area contributed by atoms with Gasteiger partial charge in [-0.3, -0.25) is 9.59 Å². The molecule has 168 valence electrons. The molecule has 1 N–H and O–H groups in total. The lowest BCUT2D eigenvalue weighted by Crippen LogP contribution is -2.20. The second kappa shape index (κ2) is 11.4. The summed E-state index contributed by atoms with van der Waals surface area (Å²) in [7, 11) is 3.06. The Morgan fingerprint density at radius 2 is 1.78 bits per heavy atom. The van der Waals surface area contributed by atoms with E-state index in [0.29, 0.717) is 17.1 Å². The van der Waals surface area contributed by atoms with Crippen molar-refractivity contribution in [3.05, 3.63) is 59.0 Å². The van der Waals surface area contributed by atoms with Crippen LogP contribution in [0.4, 0.5) is 0 Å². The normalized spacial score (nSPS) is 11.4. The summed E-state index contributed by atoms with van der Waals surface area (Å²) in [6.07, 6.45) is 2.94. The van der Waals surface area contributed by atoms with Gasteiger partial charge in [-0.25, -0.2) is 5.43 Å². The SMILES string of the molecule is CCCC/C(=N\NC(=O)CCC(=O)c1ccc(OC)c(OC)c1)c1csc2ccccc12. The van der Waals surface area contributed by atoms with Gasteiger partial charge in [0.25, 0.3) is 0 Å². The number of Topliss-reactive ketones (excluding diaryl/α,β-unsaturated/α-hetero) is 1. The van der Waals surface area contributed by atoms with Crippen molar-refractivity contribution in [1.29, 1.82) is 0 Å². The van der Waals surface area contributed by atoms with Crippen LogP contribution in [0, 0.1) is 0 Å². The van der Waals surface area contributed by atoms with Crippen LogP contribution in [0.5, 0.6) is 11.5 Å². The third-order valence-corrected chi connectivity index (χ3v) is 6.12.